The lowest BCUT2D eigenvalue weighted by Gasteiger charge is -2.15. The zero-order valence-electron chi connectivity index (χ0n) is 7.92. The van der Waals surface area contributed by atoms with Crippen LogP contribution >= 0.6 is 0 Å². The van der Waals surface area contributed by atoms with Gasteiger partial charge >= 0.3 is 0 Å². The lowest BCUT2D eigenvalue weighted by atomic mass is 9.90. The maximum absolute atomic E-state index is 2.51. The van der Waals surface area contributed by atoms with Crippen LogP contribution in [0, 0.1) is 11.8 Å². The summed E-state index contributed by atoms with van der Waals surface area (Å²) in [6, 6.07) is 0. The van der Waals surface area contributed by atoms with Crippen molar-refractivity contribution in [3.63, 3.8) is 0 Å². The van der Waals surface area contributed by atoms with Crippen molar-refractivity contribution in [2.75, 3.05) is 0 Å². The van der Waals surface area contributed by atoms with E-state index in [-0.39, 0.29) is 0 Å². The average molecular weight is 162 g/mol. The molecular weight excluding hydrogens is 144 g/mol. The summed E-state index contributed by atoms with van der Waals surface area (Å²) in [7, 11) is 0. The lowest BCUT2D eigenvalue weighted by molar-refractivity contribution is 0.438. The topological polar surface area (TPSA) is 0 Å². The van der Waals surface area contributed by atoms with E-state index in [0.29, 0.717) is 0 Å². The summed E-state index contributed by atoms with van der Waals surface area (Å²) in [6.45, 7) is 2.30. The highest BCUT2D eigenvalue weighted by Gasteiger charge is 2.17. The summed E-state index contributed by atoms with van der Waals surface area (Å²) in [5.74, 6) is 1.80. The third-order valence-electron chi connectivity index (χ3n) is 3.15. The van der Waals surface area contributed by atoms with Crippen LogP contribution in [0.1, 0.15) is 39.0 Å². The van der Waals surface area contributed by atoms with Crippen molar-refractivity contribution in [3.8, 4) is 0 Å². The predicted molar refractivity (Wildman–Crippen MR) is 53.0 cm³/mol. The van der Waals surface area contributed by atoms with Gasteiger partial charge in [-0.05, 0) is 50.9 Å². The van der Waals surface area contributed by atoms with Gasteiger partial charge in [0.15, 0.2) is 0 Å². The highest BCUT2D eigenvalue weighted by molar-refractivity contribution is 5.08. The number of hydrogen-bond acceptors (Lipinski definition) is 0. The molecule has 0 aliphatic heterocycles. The first-order valence-electron chi connectivity index (χ1n) is 5.17. The predicted octanol–water partition coefficient (Wildman–Crippen LogP) is 3.70. The van der Waals surface area contributed by atoms with Crippen LogP contribution in [-0.2, 0) is 0 Å². The van der Waals surface area contributed by atoms with Crippen molar-refractivity contribution in [2.24, 2.45) is 11.8 Å². The third kappa shape index (κ3) is 1.80. The number of rotatable bonds is 0. The second-order valence-electron chi connectivity index (χ2n) is 4.36. The molecule has 0 aromatic carbocycles. The zero-order valence-corrected chi connectivity index (χ0v) is 7.92. The van der Waals surface area contributed by atoms with Crippen LogP contribution in [0.3, 0.4) is 0 Å². The smallest absolute Gasteiger partial charge is 0.0196 e. The fourth-order valence-corrected chi connectivity index (χ4v) is 2.51. The van der Waals surface area contributed by atoms with Crippen LogP contribution < -0.4 is 0 Å². The maximum Gasteiger partial charge on any atom is -0.0196 e. The van der Waals surface area contributed by atoms with Gasteiger partial charge in [-0.15, -0.1) is 0 Å². The van der Waals surface area contributed by atoms with Crippen molar-refractivity contribution in [1.82, 2.24) is 0 Å². The second kappa shape index (κ2) is 3.47. The van der Waals surface area contributed by atoms with Crippen LogP contribution in [0.25, 0.3) is 0 Å². The zero-order chi connectivity index (χ0) is 8.39. The van der Waals surface area contributed by atoms with Gasteiger partial charge in [-0.1, -0.05) is 23.8 Å². The van der Waals surface area contributed by atoms with Crippen LogP contribution in [0.5, 0.6) is 0 Å². The SMILES string of the molecule is CC1=C[C@@H]2C/C=C\C[C@@H](CC2)C1. The minimum Gasteiger partial charge on any atom is -0.0882 e. The van der Waals surface area contributed by atoms with E-state index in [9.17, 15) is 0 Å². The Morgan fingerprint density at radius 1 is 1.17 bits per heavy atom. The summed E-state index contributed by atoms with van der Waals surface area (Å²) < 4.78 is 0. The van der Waals surface area contributed by atoms with E-state index in [1.165, 1.54) is 32.1 Å². The minimum absolute atomic E-state index is 0.853. The Morgan fingerprint density at radius 2 is 2.00 bits per heavy atom. The van der Waals surface area contributed by atoms with Crippen LogP contribution in [0.4, 0.5) is 0 Å². The quantitative estimate of drug-likeness (QED) is 0.476. The molecule has 0 saturated heterocycles. The lowest BCUT2D eigenvalue weighted by Crippen LogP contribution is -2.02. The largest absolute Gasteiger partial charge is 0.0882 e. The van der Waals surface area contributed by atoms with Crippen molar-refractivity contribution >= 4 is 0 Å². The van der Waals surface area contributed by atoms with Crippen LogP contribution in [-0.4, -0.2) is 0 Å². The number of fused-ring (bicyclic) bond motifs is 3. The fourth-order valence-electron chi connectivity index (χ4n) is 2.51. The molecule has 2 rings (SSSR count). The second-order valence-corrected chi connectivity index (χ2v) is 4.36. The van der Waals surface area contributed by atoms with Gasteiger partial charge in [0.05, 0.1) is 0 Å². The Bertz CT molecular complexity index is 210. The number of allylic oxidation sites excluding steroid dienone is 4. The normalized spacial score (nSPS) is 37.9. The molecule has 2 aliphatic rings. The number of hydrogen-bond donors (Lipinski definition) is 0. The third-order valence-corrected chi connectivity index (χ3v) is 3.15. The van der Waals surface area contributed by atoms with Crippen LogP contribution in [0.2, 0.25) is 0 Å². The molecule has 0 fully saturated rings. The summed E-state index contributed by atoms with van der Waals surface area (Å²) in [4.78, 5) is 0. The summed E-state index contributed by atoms with van der Waals surface area (Å²) in [6.07, 6.45) is 14.1. The Kier molecular flexibility index (Phi) is 2.34. The minimum atomic E-state index is 0.853. The van der Waals surface area contributed by atoms with Crippen molar-refractivity contribution < 1.29 is 0 Å². The average Bonchev–Trinajstić information content (AvgIpc) is 2.11. The molecule has 0 unspecified atom stereocenters. The molecule has 2 aliphatic carbocycles. The highest BCUT2D eigenvalue weighted by Crippen LogP contribution is 2.32. The molecule has 0 heterocycles. The standard InChI is InChI=1S/C12H18/c1-10-8-11-4-2-3-5-12(9-10)7-6-11/h2-3,8,11-12H,4-7,9H2,1H3/b3-2-/t11-,12+/m1/s1. The Balaban J connectivity index is 2.19. The van der Waals surface area contributed by atoms with E-state index >= 15 is 0 Å². The van der Waals surface area contributed by atoms with Crippen molar-refractivity contribution in [2.45, 2.75) is 39.0 Å². The van der Waals surface area contributed by atoms with E-state index in [0.717, 1.165) is 11.8 Å². The molecule has 0 N–H and O–H groups in total. The van der Waals surface area contributed by atoms with Crippen molar-refractivity contribution in [1.29, 1.82) is 0 Å². The van der Waals surface area contributed by atoms with Gasteiger partial charge in [0.2, 0.25) is 0 Å². The fraction of sp³-hybridized carbons (Fsp3) is 0.667. The summed E-state index contributed by atoms with van der Waals surface area (Å²) in [5, 5.41) is 0. The van der Waals surface area contributed by atoms with E-state index < -0.39 is 0 Å². The molecule has 0 nitrogen and oxygen atoms in total. The molecule has 0 radical (unpaired) electrons. The molecule has 12 heavy (non-hydrogen) atoms. The Hall–Kier alpha value is -0.520. The molecular formula is C12H18. The van der Waals surface area contributed by atoms with E-state index in [1.807, 2.05) is 0 Å². The summed E-state index contributed by atoms with van der Waals surface area (Å²) >= 11 is 0. The van der Waals surface area contributed by atoms with E-state index in [1.54, 1.807) is 5.57 Å². The van der Waals surface area contributed by atoms with E-state index in [4.69, 9.17) is 0 Å². The molecule has 66 valence electrons. The Morgan fingerprint density at radius 3 is 2.92 bits per heavy atom. The molecule has 0 saturated carbocycles. The monoisotopic (exact) mass is 162 g/mol. The molecule has 0 aromatic heterocycles. The van der Waals surface area contributed by atoms with Crippen LogP contribution in [0.15, 0.2) is 23.8 Å². The first-order chi connectivity index (χ1) is 5.84. The first-order valence-corrected chi connectivity index (χ1v) is 5.17. The Labute approximate surface area is 75.4 Å². The molecule has 0 amide bonds. The molecule has 0 spiro atoms. The van der Waals surface area contributed by atoms with Gasteiger partial charge in [0.1, 0.15) is 0 Å². The first kappa shape index (κ1) is 8.10. The van der Waals surface area contributed by atoms with Gasteiger partial charge in [-0.25, -0.2) is 0 Å². The molecule has 2 atom stereocenters. The van der Waals surface area contributed by atoms with Gasteiger partial charge in [-0.3, -0.25) is 0 Å². The molecule has 2 bridgehead atoms. The van der Waals surface area contributed by atoms with E-state index in [2.05, 4.69) is 25.2 Å². The van der Waals surface area contributed by atoms with Crippen molar-refractivity contribution in [3.05, 3.63) is 23.8 Å². The maximum atomic E-state index is 2.51. The highest BCUT2D eigenvalue weighted by atomic mass is 14.2. The van der Waals surface area contributed by atoms with Gasteiger partial charge in [-0.2, -0.15) is 0 Å². The molecule has 0 aromatic rings. The van der Waals surface area contributed by atoms with Gasteiger partial charge < -0.3 is 0 Å². The molecule has 0 heteroatoms. The summed E-state index contributed by atoms with van der Waals surface area (Å²) in [5.41, 5.74) is 1.63. The van der Waals surface area contributed by atoms with Gasteiger partial charge in [0, 0.05) is 0 Å². The van der Waals surface area contributed by atoms with Gasteiger partial charge in [0.25, 0.3) is 0 Å².